The van der Waals surface area contributed by atoms with Crippen LogP contribution in [-0.4, -0.2) is 19.0 Å². The topological polar surface area (TPSA) is 41.1 Å². The van der Waals surface area contributed by atoms with Crippen LogP contribution < -0.4 is 10.6 Å². The highest BCUT2D eigenvalue weighted by atomic mass is 79.9. The molecule has 0 saturated carbocycles. The zero-order chi connectivity index (χ0) is 12.7. The Hall–Kier alpha value is -0.580. The lowest BCUT2D eigenvalue weighted by atomic mass is 10.2. The van der Waals surface area contributed by atoms with Crippen LogP contribution in [-0.2, 0) is 11.3 Å². The summed E-state index contributed by atoms with van der Waals surface area (Å²) < 4.78 is 0.989. The molecule has 0 radical (unpaired) electrons. The third kappa shape index (κ3) is 5.52. The van der Waals surface area contributed by atoms with Gasteiger partial charge >= 0.3 is 0 Å². The highest BCUT2D eigenvalue weighted by molar-refractivity contribution is 9.10. The zero-order valence-corrected chi connectivity index (χ0v) is 12.1. The van der Waals surface area contributed by atoms with Crippen LogP contribution >= 0.6 is 27.5 Å². The van der Waals surface area contributed by atoms with Crippen molar-refractivity contribution in [1.29, 1.82) is 0 Å². The lowest BCUT2D eigenvalue weighted by molar-refractivity contribution is -0.120. The SMILES string of the molecule is CCCNC(=O)CNCc1cc(Cl)ccc1Br. The molecule has 0 aliphatic heterocycles. The summed E-state index contributed by atoms with van der Waals surface area (Å²) in [4.78, 5) is 11.3. The average molecular weight is 320 g/mol. The van der Waals surface area contributed by atoms with E-state index in [2.05, 4.69) is 26.6 Å². The van der Waals surface area contributed by atoms with Gasteiger partial charge in [-0.15, -0.1) is 0 Å². The Balaban J connectivity index is 2.35. The molecule has 1 aromatic carbocycles. The predicted octanol–water partition coefficient (Wildman–Crippen LogP) is 2.72. The Kier molecular flexibility index (Phi) is 6.55. The Labute approximate surface area is 115 Å². The van der Waals surface area contributed by atoms with Crippen molar-refractivity contribution in [2.45, 2.75) is 19.9 Å². The number of hydrogen-bond acceptors (Lipinski definition) is 2. The van der Waals surface area contributed by atoms with Crippen molar-refractivity contribution in [3.05, 3.63) is 33.3 Å². The van der Waals surface area contributed by atoms with Gasteiger partial charge in [-0.1, -0.05) is 34.5 Å². The molecular weight excluding hydrogens is 304 g/mol. The van der Waals surface area contributed by atoms with E-state index in [1.165, 1.54) is 0 Å². The van der Waals surface area contributed by atoms with Crippen LogP contribution in [0.15, 0.2) is 22.7 Å². The van der Waals surface area contributed by atoms with Crippen LogP contribution in [0.1, 0.15) is 18.9 Å². The number of rotatable bonds is 6. The van der Waals surface area contributed by atoms with Gasteiger partial charge in [-0.05, 0) is 30.2 Å². The smallest absolute Gasteiger partial charge is 0.233 e. The van der Waals surface area contributed by atoms with E-state index in [4.69, 9.17) is 11.6 Å². The monoisotopic (exact) mass is 318 g/mol. The highest BCUT2D eigenvalue weighted by Crippen LogP contribution is 2.20. The number of halogens is 2. The number of amides is 1. The zero-order valence-electron chi connectivity index (χ0n) is 9.72. The van der Waals surface area contributed by atoms with Crippen molar-refractivity contribution in [1.82, 2.24) is 10.6 Å². The predicted molar refractivity (Wildman–Crippen MR) is 74.2 cm³/mol. The van der Waals surface area contributed by atoms with E-state index in [-0.39, 0.29) is 5.91 Å². The van der Waals surface area contributed by atoms with Crippen LogP contribution in [0.3, 0.4) is 0 Å². The second kappa shape index (κ2) is 7.69. The Morgan fingerprint density at radius 2 is 2.24 bits per heavy atom. The minimum atomic E-state index is 0.0185. The molecular formula is C12H16BrClN2O. The Morgan fingerprint density at radius 3 is 2.94 bits per heavy atom. The lowest BCUT2D eigenvalue weighted by Crippen LogP contribution is -2.33. The van der Waals surface area contributed by atoms with E-state index in [1.807, 2.05) is 25.1 Å². The van der Waals surface area contributed by atoms with Gasteiger partial charge in [0.25, 0.3) is 0 Å². The minimum Gasteiger partial charge on any atom is -0.355 e. The van der Waals surface area contributed by atoms with Gasteiger partial charge in [-0.3, -0.25) is 4.79 Å². The first-order chi connectivity index (χ1) is 8.13. The second-order valence-electron chi connectivity index (χ2n) is 3.69. The fraction of sp³-hybridized carbons (Fsp3) is 0.417. The molecule has 0 aliphatic rings. The first-order valence-electron chi connectivity index (χ1n) is 5.54. The van der Waals surface area contributed by atoms with E-state index in [9.17, 15) is 4.79 Å². The molecule has 0 saturated heterocycles. The van der Waals surface area contributed by atoms with Gasteiger partial charge in [-0.2, -0.15) is 0 Å². The van der Waals surface area contributed by atoms with Crippen molar-refractivity contribution in [3.63, 3.8) is 0 Å². The normalized spacial score (nSPS) is 10.3. The van der Waals surface area contributed by atoms with Gasteiger partial charge in [0.2, 0.25) is 5.91 Å². The molecule has 0 atom stereocenters. The summed E-state index contributed by atoms with van der Waals surface area (Å²) in [6.07, 6.45) is 0.950. The summed E-state index contributed by atoms with van der Waals surface area (Å²) in [5, 5.41) is 6.58. The molecule has 0 spiro atoms. The fourth-order valence-electron chi connectivity index (χ4n) is 1.32. The van der Waals surface area contributed by atoms with Crippen LogP contribution in [0.25, 0.3) is 0 Å². The van der Waals surface area contributed by atoms with Crippen LogP contribution in [0.5, 0.6) is 0 Å². The molecule has 0 heterocycles. The molecule has 0 unspecified atom stereocenters. The molecule has 1 aromatic rings. The third-order valence-electron chi connectivity index (χ3n) is 2.18. The summed E-state index contributed by atoms with van der Waals surface area (Å²) in [6.45, 7) is 3.68. The first kappa shape index (κ1) is 14.5. The molecule has 0 bridgehead atoms. The second-order valence-corrected chi connectivity index (χ2v) is 4.98. The maximum absolute atomic E-state index is 11.3. The van der Waals surface area contributed by atoms with Crippen LogP contribution in [0.4, 0.5) is 0 Å². The number of nitrogens with one attached hydrogen (secondary N) is 2. The fourth-order valence-corrected chi connectivity index (χ4v) is 1.90. The first-order valence-corrected chi connectivity index (χ1v) is 6.72. The number of benzene rings is 1. The number of hydrogen-bond donors (Lipinski definition) is 2. The number of carbonyl (C=O) groups excluding carboxylic acids is 1. The molecule has 17 heavy (non-hydrogen) atoms. The van der Waals surface area contributed by atoms with Crippen molar-refractivity contribution >= 4 is 33.4 Å². The molecule has 5 heteroatoms. The summed E-state index contributed by atoms with van der Waals surface area (Å²) >= 11 is 9.34. The molecule has 0 aliphatic carbocycles. The molecule has 0 fully saturated rings. The van der Waals surface area contributed by atoms with Crippen molar-refractivity contribution < 1.29 is 4.79 Å². The Morgan fingerprint density at radius 1 is 1.47 bits per heavy atom. The molecule has 0 aromatic heterocycles. The number of carbonyl (C=O) groups is 1. The van der Waals surface area contributed by atoms with Crippen molar-refractivity contribution in [3.8, 4) is 0 Å². The largest absolute Gasteiger partial charge is 0.355 e. The lowest BCUT2D eigenvalue weighted by Gasteiger charge is -2.07. The van der Waals surface area contributed by atoms with Crippen molar-refractivity contribution in [2.75, 3.05) is 13.1 Å². The van der Waals surface area contributed by atoms with E-state index >= 15 is 0 Å². The maximum Gasteiger partial charge on any atom is 0.233 e. The van der Waals surface area contributed by atoms with E-state index in [0.29, 0.717) is 18.1 Å². The highest BCUT2D eigenvalue weighted by Gasteiger charge is 2.03. The minimum absolute atomic E-state index is 0.0185. The molecule has 3 nitrogen and oxygen atoms in total. The average Bonchev–Trinajstić information content (AvgIpc) is 2.31. The summed E-state index contributed by atoms with van der Waals surface area (Å²) in [5.74, 6) is 0.0185. The van der Waals surface area contributed by atoms with Gasteiger partial charge in [0.05, 0.1) is 6.54 Å². The van der Waals surface area contributed by atoms with E-state index in [0.717, 1.165) is 23.0 Å². The van der Waals surface area contributed by atoms with Crippen LogP contribution in [0.2, 0.25) is 5.02 Å². The van der Waals surface area contributed by atoms with Gasteiger partial charge < -0.3 is 10.6 Å². The van der Waals surface area contributed by atoms with E-state index < -0.39 is 0 Å². The summed E-state index contributed by atoms with van der Waals surface area (Å²) in [7, 11) is 0. The quantitative estimate of drug-likeness (QED) is 0.846. The standard InChI is InChI=1S/C12H16BrClN2O/c1-2-5-16-12(17)8-15-7-9-6-10(14)3-4-11(9)13/h3-4,6,15H,2,5,7-8H2,1H3,(H,16,17). The van der Waals surface area contributed by atoms with Gasteiger partial charge in [-0.25, -0.2) is 0 Å². The summed E-state index contributed by atoms with van der Waals surface area (Å²) in [5.41, 5.74) is 1.04. The summed E-state index contributed by atoms with van der Waals surface area (Å²) in [6, 6.07) is 5.60. The van der Waals surface area contributed by atoms with Gasteiger partial charge in [0.15, 0.2) is 0 Å². The van der Waals surface area contributed by atoms with Gasteiger partial charge in [0, 0.05) is 22.6 Å². The molecule has 1 amide bonds. The molecule has 1 rings (SSSR count). The Bertz CT molecular complexity index is 385. The van der Waals surface area contributed by atoms with Crippen LogP contribution in [0, 0.1) is 0 Å². The molecule has 2 N–H and O–H groups in total. The third-order valence-corrected chi connectivity index (χ3v) is 3.19. The maximum atomic E-state index is 11.3. The van der Waals surface area contributed by atoms with Crippen molar-refractivity contribution in [2.24, 2.45) is 0 Å². The molecule has 94 valence electrons. The van der Waals surface area contributed by atoms with E-state index in [1.54, 1.807) is 0 Å². The van der Waals surface area contributed by atoms with Gasteiger partial charge in [0.1, 0.15) is 0 Å².